The van der Waals surface area contributed by atoms with Crippen molar-refractivity contribution in [3.63, 3.8) is 0 Å². The number of aliphatic carboxylic acids is 1. The summed E-state index contributed by atoms with van der Waals surface area (Å²) < 4.78 is 11.0. The third-order valence-corrected chi connectivity index (χ3v) is 5.09. The number of ether oxygens (including phenoxy) is 2. The predicted octanol–water partition coefficient (Wildman–Crippen LogP) is 4.48. The highest BCUT2D eigenvalue weighted by molar-refractivity contribution is 8.18. The molecule has 0 aliphatic carbocycles. The van der Waals surface area contributed by atoms with Crippen molar-refractivity contribution in [1.82, 2.24) is 5.32 Å². The minimum atomic E-state index is -1.07. The molecule has 1 fully saturated rings. The lowest BCUT2D eigenvalue weighted by Gasteiger charge is -2.15. The molecule has 7 nitrogen and oxygen atoms in total. The third-order valence-electron chi connectivity index (χ3n) is 3.93. The number of carbonyl (C=O) groups excluding carboxylic acids is 1. The second-order valence-electron chi connectivity index (χ2n) is 6.20. The predicted molar refractivity (Wildman–Crippen MR) is 118 cm³/mol. The number of nitrogens with one attached hydrogen (secondary N) is 1. The Morgan fingerprint density at radius 2 is 2.00 bits per heavy atom. The Bertz CT molecular complexity index is 1020. The van der Waals surface area contributed by atoms with Gasteiger partial charge in [-0.2, -0.15) is 0 Å². The maximum atomic E-state index is 12.3. The van der Waals surface area contributed by atoms with Crippen molar-refractivity contribution in [3.8, 4) is 11.5 Å². The molecule has 1 heterocycles. The summed E-state index contributed by atoms with van der Waals surface area (Å²) in [5.74, 6) is -0.610. The van der Waals surface area contributed by atoms with E-state index >= 15 is 0 Å². The summed E-state index contributed by atoms with van der Waals surface area (Å²) in [5, 5.41) is 12.8. The second kappa shape index (κ2) is 9.69. The zero-order chi connectivity index (χ0) is 21.7. The lowest BCUT2D eigenvalue weighted by molar-refractivity contribution is -0.144. The fourth-order valence-corrected chi connectivity index (χ4v) is 3.45. The number of aliphatic imine (C=N–C) groups is 1. The van der Waals surface area contributed by atoms with Crippen LogP contribution in [0.3, 0.4) is 0 Å². The number of amides is 1. The van der Waals surface area contributed by atoms with E-state index in [0.29, 0.717) is 44.5 Å². The van der Waals surface area contributed by atoms with E-state index in [9.17, 15) is 9.59 Å². The zero-order valence-corrected chi connectivity index (χ0v) is 17.8. The molecule has 0 bridgehead atoms. The first-order chi connectivity index (χ1) is 14.4. The van der Waals surface area contributed by atoms with Gasteiger partial charge >= 0.3 is 5.97 Å². The average Bonchev–Trinajstić information content (AvgIpc) is 3.04. The van der Waals surface area contributed by atoms with Crippen LogP contribution in [0.2, 0.25) is 5.02 Å². The number of carboxylic acid groups (broad SMARTS) is 1. The van der Waals surface area contributed by atoms with Crippen LogP contribution in [-0.4, -0.2) is 34.9 Å². The first kappa shape index (κ1) is 21.7. The van der Waals surface area contributed by atoms with Gasteiger partial charge in [0.15, 0.2) is 22.8 Å². The SMILES string of the molecule is CCOc1cc(/C=C2/SC(=Nc3ccc(Cl)cc3)NC2=O)ccc1OC(C)C(=O)O. The lowest BCUT2D eigenvalue weighted by atomic mass is 10.2. The van der Waals surface area contributed by atoms with Crippen LogP contribution in [0.4, 0.5) is 5.69 Å². The molecular formula is C21H19ClN2O5S. The summed E-state index contributed by atoms with van der Waals surface area (Å²) in [4.78, 5) is 28.2. The van der Waals surface area contributed by atoms with Crippen LogP contribution in [0.25, 0.3) is 6.08 Å². The van der Waals surface area contributed by atoms with Gasteiger partial charge in [0.25, 0.3) is 5.91 Å². The van der Waals surface area contributed by atoms with Gasteiger partial charge in [-0.05, 0) is 73.6 Å². The number of rotatable bonds is 7. The number of thioether (sulfide) groups is 1. The fraction of sp³-hybridized carbons (Fsp3) is 0.190. The Morgan fingerprint density at radius 3 is 2.67 bits per heavy atom. The molecule has 2 N–H and O–H groups in total. The highest BCUT2D eigenvalue weighted by Crippen LogP contribution is 2.33. The van der Waals surface area contributed by atoms with Gasteiger partial charge in [-0.1, -0.05) is 17.7 Å². The maximum Gasteiger partial charge on any atom is 0.344 e. The van der Waals surface area contributed by atoms with Crippen molar-refractivity contribution in [3.05, 3.63) is 58.0 Å². The van der Waals surface area contributed by atoms with Crippen LogP contribution in [0.1, 0.15) is 19.4 Å². The normalized spacial score (nSPS) is 17.1. The molecule has 1 atom stereocenters. The zero-order valence-electron chi connectivity index (χ0n) is 16.2. The number of amidine groups is 1. The highest BCUT2D eigenvalue weighted by Gasteiger charge is 2.24. The van der Waals surface area contributed by atoms with E-state index in [0.717, 1.165) is 0 Å². The number of carbonyl (C=O) groups is 2. The maximum absolute atomic E-state index is 12.3. The molecule has 9 heteroatoms. The fourth-order valence-electron chi connectivity index (χ4n) is 2.49. The van der Waals surface area contributed by atoms with E-state index in [2.05, 4.69) is 10.3 Å². The largest absolute Gasteiger partial charge is 0.490 e. The summed E-state index contributed by atoms with van der Waals surface area (Å²) in [7, 11) is 0. The van der Waals surface area contributed by atoms with E-state index in [1.54, 1.807) is 48.5 Å². The van der Waals surface area contributed by atoms with Crippen molar-refractivity contribution < 1.29 is 24.2 Å². The van der Waals surface area contributed by atoms with Crippen LogP contribution in [0.5, 0.6) is 11.5 Å². The quantitative estimate of drug-likeness (QED) is 0.608. The van der Waals surface area contributed by atoms with Gasteiger partial charge in [0.05, 0.1) is 17.2 Å². The molecule has 1 aliphatic rings. The Hall–Kier alpha value is -2.97. The Labute approximate surface area is 182 Å². The molecule has 0 spiro atoms. The van der Waals surface area contributed by atoms with E-state index in [-0.39, 0.29) is 5.91 Å². The summed E-state index contributed by atoms with van der Waals surface area (Å²) in [5.41, 5.74) is 1.38. The van der Waals surface area contributed by atoms with Crippen LogP contribution in [0.15, 0.2) is 52.4 Å². The molecule has 1 amide bonds. The topological polar surface area (TPSA) is 97.2 Å². The Morgan fingerprint density at radius 1 is 1.27 bits per heavy atom. The minimum absolute atomic E-state index is 0.259. The molecule has 1 saturated heterocycles. The number of hydrogen-bond acceptors (Lipinski definition) is 6. The highest BCUT2D eigenvalue weighted by atomic mass is 35.5. The smallest absolute Gasteiger partial charge is 0.344 e. The van der Waals surface area contributed by atoms with Crippen molar-refractivity contribution in [2.45, 2.75) is 20.0 Å². The van der Waals surface area contributed by atoms with Gasteiger partial charge in [-0.15, -0.1) is 0 Å². The van der Waals surface area contributed by atoms with E-state index in [4.69, 9.17) is 26.2 Å². The molecule has 1 unspecified atom stereocenters. The Balaban J connectivity index is 1.81. The first-order valence-electron chi connectivity index (χ1n) is 9.07. The standard InChI is InChI=1S/C21H19ClN2O5S/c1-3-28-17-10-13(4-9-16(17)29-12(2)20(26)27)11-18-19(25)24-21(30-18)23-15-7-5-14(22)6-8-15/h4-12H,3H2,1-2H3,(H,26,27)(H,23,24,25)/b18-11+. The molecule has 30 heavy (non-hydrogen) atoms. The van der Waals surface area contributed by atoms with E-state index < -0.39 is 12.1 Å². The van der Waals surface area contributed by atoms with Gasteiger partial charge < -0.3 is 19.9 Å². The van der Waals surface area contributed by atoms with Gasteiger partial charge in [0, 0.05) is 5.02 Å². The van der Waals surface area contributed by atoms with Gasteiger partial charge in [-0.3, -0.25) is 4.79 Å². The average molecular weight is 447 g/mol. The monoisotopic (exact) mass is 446 g/mol. The molecule has 0 saturated carbocycles. The summed E-state index contributed by atoms with van der Waals surface area (Å²) >= 11 is 7.09. The second-order valence-corrected chi connectivity index (χ2v) is 7.66. The van der Waals surface area contributed by atoms with Crippen molar-refractivity contribution in [2.75, 3.05) is 6.61 Å². The van der Waals surface area contributed by atoms with Crippen molar-refractivity contribution in [1.29, 1.82) is 0 Å². The van der Waals surface area contributed by atoms with E-state index in [1.165, 1.54) is 18.7 Å². The van der Waals surface area contributed by atoms with Crippen molar-refractivity contribution >= 4 is 52.2 Å². The van der Waals surface area contributed by atoms with Crippen LogP contribution in [0, 0.1) is 0 Å². The lowest BCUT2D eigenvalue weighted by Crippen LogP contribution is -2.23. The molecule has 2 aromatic rings. The van der Waals surface area contributed by atoms with E-state index in [1.807, 2.05) is 6.92 Å². The number of benzene rings is 2. The molecular weight excluding hydrogens is 428 g/mol. The van der Waals surface area contributed by atoms with Crippen molar-refractivity contribution in [2.24, 2.45) is 4.99 Å². The number of halogens is 1. The molecule has 3 rings (SSSR count). The number of hydrogen-bond donors (Lipinski definition) is 2. The van der Waals surface area contributed by atoms with Crippen LogP contribution < -0.4 is 14.8 Å². The molecule has 0 radical (unpaired) electrons. The molecule has 2 aromatic carbocycles. The first-order valence-corrected chi connectivity index (χ1v) is 10.3. The number of carboxylic acids is 1. The van der Waals surface area contributed by atoms with Gasteiger partial charge in [0.1, 0.15) is 0 Å². The summed E-state index contributed by atoms with van der Waals surface area (Å²) in [6.07, 6.45) is 0.688. The molecule has 156 valence electrons. The van der Waals surface area contributed by atoms with Gasteiger partial charge in [-0.25, -0.2) is 9.79 Å². The summed E-state index contributed by atoms with van der Waals surface area (Å²) in [6, 6.07) is 12.0. The van der Waals surface area contributed by atoms with Crippen LogP contribution in [-0.2, 0) is 9.59 Å². The molecule has 1 aliphatic heterocycles. The Kier molecular flexibility index (Phi) is 7.02. The number of nitrogens with zero attached hydrogens (tertiary/aromatic N) is 1. The third kappa shape index (κ3) is 5.55. The van der Waals surface area contributed by atoms with Crippen LogP contribution >= 0.6 is 23.4 Å². The van der Waals surface area contributed by atoms with Gasteiger partial charge in [0.2, 0.25) is 0 Å². The summed E-state index contributed by atoms with van der Waals surface area (Å²) in [6.45, 7) is 3.63. The minimum Gasteiger partial charge on any atom is -0.490 e. The molecule has 0 aromatic heterocycles.